The van der Waals surface area contributed by atoms with Crippen molar-refractivity contribution in [3.63, 3.8) is 0 Å². The molecule has 21 heavy (non-hydrogen) atoms. The number of ether oxygens (including phenoxy) is 1. The van der Waals surface area contributed by atoms with Gasteiger partial charge in [0.05, 0.1) is 11.9 Å². The van der Waals surface area contributed by atoms with Crippen molar-refractivity contribution >= 4 is 5.65 Å². The fourth-order valence-electron chi connectivity index (χ4n) is 2.15. The molecular weight excluding hydrogens is 273 g/mol. The normalized spacial score (nSPS) is 12.8. The van der Waals surface area contributed by atoms with Gasteiger partial charge in [-0.25, -0.2) is 13.9 Å². The minimum absolute atomic E-state index is 0.287. The van der Waals surface area contributed by atoms with Gasteiger partial charge in [-0.3, -0.25) is 0 Å². The van der Waals surface area contributed by atoms with Gasteiger partial charge in [-0.2, -0.15) is 5.10 Å². The first kappa shape index (κ1) is 13.7. The summed E-state index contributed by atoms with van der Waals surface area (Å²) in [5.41, 5.74) is 3.45. The first-order valence-corrected chi connectivity index (χ1v) is 6.42. The summed E-state index contributed by atoms with van der Waals surface area (Å²) in [6, 6.07) is 8.00. The predicted octanol–water partition coefficient (Wildman–Crippen LogP) is 2.48. The standard InChI is InChI=1S/C15H14FN3O2/c1-9-7-12(10-3-5-11(16)6-4-10)18-19-8-13(15(20)21-2)17-14(9)19/h3-8,15,20H,1-2H3. The highest BCUT2D eigenvalue weighted by Crippen LogP contribution is 2.22. The summed E-state index contributed by atoms with van der Waals surface area (Å²) in [4.78, 5) is 4.30. The number of aryl methyl sites for hydroxylation is 1. The van der Waals surface area contributed by atoms with Crippen LogP contribution in [0.15, 0.2) is 36.5 Å². The van der Waals surface area contributed by atoms with Crippen LogP contribution >= 0.6 is 0 Å². The van der Waals surface area contributed by atoms with E-state index in [-0.39, 0.29) is 5.82 Å². The third-order valence-electron chi connectivity index (χ3n) is 3.24. The number of nitrogens with zero attached hydrogens (tertiary/aromatic N) is 3. The summed E-state index contributed by atoms with van der Waals surface area (Å²) < 4.78 is 19.4. The van der Waals surface area contributed by atoms with E-state index in [4.69, 9.17) is 4.74 Å². The number of benzene rings is 1. The van der Waals surface area contributed by atoms with E-state index >= 15 is 0 Å². The Morgan fingerprint density at radius 1 is 1.29 bits per heavy atom. The molecule has 2 heterocycles. The maximum absolute atomic E-state index is 13.0. The Morgan fingerprint density at radius 2 is 2.00 bits per heavy atom. The molecule has 3 aromatic rings. The number of hydrogen-bond acceptors (Lipinski definition) is 4. The zero-order valence-electron chi connectivity index (χ0n) is 11.6. The maximum Gasteiger partial charge on any atom is 0.199 e. The van der Waals surface area contributed by atoms with Crippen molar-refractivity contribution in [1.29, 1.82) is 0 Å². The van der Waals surface area contributed by atoms with Crippen LogP contribution < -0.4 is 0 Å². The Kier molecular flexibility index (Phi) is 3.40. The van der Waals surface area contributed by atoms with Gasteiger partial charge in [0.2, 0.25) is 0 Å². The number of aromatic nitrogens is 3. The Hall–Kier alpha value is -2.31. The molecule has 0 aliphatic carbocycles. The molecule has 5 nitrogen and oxygen atoms in total. The van der Waals surface area contributed by atoms with Crippen LogP contribution in [0.5, 0.6) is 0 Å². The fraction of sp³-hybridized carbons (Fsp3) is 0.200. The van der Waals surface area contributed by atoms with Crippen molar-refractivity contribution in [1.82, 2.24) is 14.6 Å². The molecule has 0 saturated heterocycles. The molecule has 1 unspecified atom stereocenters. The monoisotopic (exact) mass is 287 g/mol. The van der Waals surface area contributed by atoms with E-state index in [1.807, 2.05) is 13.0 Å². The van der Waals surface area contributed by atoms with Crippen LogP contribution in [-0.2, 0) is 4.74 Å². The second-order valence-electron chi connectivity index (χ2n) is 4.74. The molecule has 0 saturated carbocycles. The van der Waals surface area contributed by atoms with Crippen molar-refractivity contribution < 1.29 is 14.2 Å². The number of methoxy groups -OCH3 is 1. The van der Waals surface area contributed by atoms with E-state index in [2.05, 4.69) is 10.1 Å². The molecule has 1 atom stereocenters. The summed E-state index contributed by atoms with van der Waals surface area (Å²) in [5.74, 6) is -0.287. The molecule has 0 bridgehead atoms. The van der Waals surface area contributed by atoms with Gasteiger partial charge < -0.3 is 9.84 Å². The van der Waals surface area contributed by atoms with Crippen molar-refractivity contribution in [2.75, 3.05) is 7.11 Å². The minimum atomic E-state index is -1.08. The first-order valence-electron chi connectivity index (χ1n) is 6.42. The number of fused-ring (bicyclic) bond motifs is 1. The van der Waals surface area contributed by atoms with Crippen LogP contribution in [-0.4, -0.2) is 26.8 Å². The second-order valence-corrected chi connectivity index (χ2v) is 4.74. The van der Waals surface area contributed by atoms with Gasteiger partial charge in [-0.15, -0.1) is 0 Å². The van der Waals surface area contributed by atoms with Crippen molar-refractivity contribution in [2.45, 2.75) is 13.2 Å². The molecule has 1 N–H and O–H groups in total. The molecule has 0 radical (unpaired) electrons. The van der Waals surface area contributed by atoms with E-state index in [9.17, 15) is 9.50 Å². The fourth-order valence-corrected chi connectivity index (χ4v) is 2.15. The molecule has 0 aliphatic rings. The lowest BCUT2D eigenvalue weighted by molar-refractivity contribution is -0.0795. The maximum atomic E-state index is 13.0. The zero-order valence-corrected chi connectivity index (χ0v) is 11.6. The van der Waals surface area contributed by atoms with E-state index < -0.39 is 6.29 Å². The molecule has 2 aromatic heterocycles. The lowest BCUT2D eigenvalue weighted by Gasteiger charge is -2.04. The van der Waals surface area contributed by atoms with Gasteiger partial charge in [0.25, 0.3) is 0 Å². The van der Waals surface area contributed by atoms with Crippen LogP contribution in [0.3, 0.4) is 0 Å². The molecule has 0 fully saturated rings. The van der Waals surface area contributed by atoms with Gasteiger partial charge in [0.1, 0.15) is 11.5 Å². The number of rotatable bonds is 3. The molecule has 0 aliphatic heterocycles. The Morgan fingerprint density at radius 3 is 2.67 bits per heavy atom. The number of aliphatic hydroxyl groups excluding tert-OH is 1. The van der Waals surface area contributed by atoms with Gasteiger partial charge in [-0.05, 0) is 42.8 Å². The van der Waals surface area contributed by atoms with Crippen LogP contribution in [0.2, 0.25) is 0 Å². The topological polar surface area (TPSA) is 59.7 Å². The van der Waals surface area contributed by atoms with Gasteiger partial charge in [0.15, 0.2) is 11.9 Å². The average Bonchev–Trinajstić information content (AvgIpc) is 2.92. The van der Waals surface area contributed by atoms with E-state index in [1.165, 1.54) is 19.2 Å². The summed E-state index contributed by atoms with van der Waals surface area (Å²) in [6.45, 7) is 1.90. The number of halogens is 1. The van der Waals surface area contributed by atoms with E-state index in [0.717, 1.165) is 11.1 Å². The summed E-state index contributed by atoms with van der Waals surface area (Å²) in [7, 11) is 1.40. The third-order valence-corrected chi connectivity index (χ3v) is 3.24. The lowest BCUT2D eigenvalue weighted by Crippen LogP contribution is -1.99. The summed E-state index contributed by atoms with van der Waals surface area (Å²) in [6.07, 6.45) is 0.532. The number of imidazole rings is 1. The Balaban J connectivity index is 2.11. The van der Waals surface area contributed by atoms with Crippen molar-refractivity contribution in [3.05, 3.63) is 53.6 Å². The average molecular weight is 287 g/mol. The minimum Gasteiger partial charge on any atom is -0.363 e. The molecule has 0 spiro atoms. The highest BCUT2D eigenvalue weighted by Gasteiger charge is 2.14. The van der Waals surface area contributed by atoms with Crippen LogP contribution in [0.4, 0.5) is 4.39 Å². The first-order chi connectivity index (χ1) is 10.1. The van der Waals surface area contributed by atoms with E-state index in [0.29, 0.717) is 17.0 Å². The van der Waals surface area contributed by atoms with E-state index in [1.54, 1.807) is 22.8 Å². The Bertz CT molecular complexity index is 783. The molecule has 108 valence electrons. The van der Waals surface area contributed by atoms with Crippen LogP contribution in [0.25, 0.3) is 16.9 Å². The summed E-state index contributed by atoms with van der Waals surface area (Å²) >= 11 is 0. The third kappa shape index (κ3) is 2.51. The molecule has 6 heteroatoms. The molecule has 0 amide bonds. The highest BCUT2D eigenvalue weighted by molar-refractivity contribution is 5.62. The largest absolute Gasteiger partial charge is 0.363 e. The summed E-state index contributed by atoms with van der Waals surface area (Å²) in [5, 5.41) is 14.1. The number of hydrogen-bond donors (Lipinski definition) is 1. The SMILES string of the molecule is COC(O)c1cn2nc(-c3ccc(F)cc3)cc(C)c2n1. The van der Waals surface area contributed by atoms with Gasteiger partial charge >= 0.3 is 0 Å². The second kappa shape index (κ2) is 5.23. The predicted molar refractivity (Wildman–Crippen MR) is 75.1 cm³/mol. The quantitative estimate of drug-likeness (QED) is 0.752. The molecular formula is C15H14FN3O2. The van der Waals surface area contributed by atoms with Crippen molar-refractivity contribution in [2.24, 2.45) is 0 Å². The smallest absolute Gasteiger partial charge is 0.199 e. The van der Waals surface area contributed by atoms with Crippen molar-refractivity contribution in [3.8, 4) is 11.3 Å². The number of aliphatic hydroxyl groups is 1. The van der Waals surface area contributed by atoms with Crippen LogP contribution in [0.1, 0.15) is 17.5 Å². The molecule has 3 rings (SSSR count). The van der Waals surface area contributed by atoms with Gasteiger partial charge in [0, 0.05) is 12.7 Å². The molecule has 1 aromatic carbocycles. The lowest BCUT2D eigenvalue weighted by atomic mass is 10.1. The van der Waals surface area contributed by atoms with Gasteiger partial charge in [-0.1, -0.05) is 0 Å². The highest BCUT2D eigenvalue weighted by atomic mass is 19.1. The Labute approximate surface area is 120 Å². The van der Waals surface area contributed by atoms with Crippen LogP contribution in [0, 0.1) is 12.7 Å². The zero-order chi connectivity index (χ0) is 15.0.